The van der Waals surface area contributed by atoms with Gasteiger partial charge >= 0.3 is 35.8 Å². The van der Waals surface area contributed by atoms with Crippen LogP contribution in [0.15, 0.2) is 0 Å². The molecule has 0 saturated carbocycles. The van der Waals surface area contributed by atoms with Crippen molar-refractivity contribution in [2.75, 3.05) is 55.4 Å². The Balaban J connectivity index is 5.70. The van der Waals surface area contributed by atoms with Crippen LogP contribution in [0.1, 0.15) is 12.8 Å². The molecule has 6 atom stereocenters. The number of quaternary nitrogens is 2. The van der Waals surface area contributed by atoms with Crippen molar-refractivity contribution < 1.29 is 82.6 Å². The van der Waals surface area contributed by atoms with E-state index in [1.165, 1.54) is 0 Å². The molecule has 0 rings (SSSR count). The fourth-order valence-electron chi connectivity index (χ4n) is 3.19. The first-order valence-corrected chi connectivity index (χ1v) is 11.5. The van der Waals surface area contributed by atoms with Crippen molar-refractivity contribution in [3.05, 3.63) is 0 Å². The van der Waals surface area contributed by atoms with E-state index in [9.17, 15) is 44.1 Å². The van der Waals surface area contributed by atoms with Crippen molar-refractivity contribution in [1.82, 2.24) is 0 Å². The third kappa shape index (κ3) is 14.4. The van der Waals surface area contributed by atoms with E-state index in [1.807, 2.05) is 0 Å². The number of nitrogens with zero attached hydrogens (tertiary/aromatic N) is 2. The molecule has 17 nitrogen and oxygen atoms in total. The first-order valence-electron chi connectivity index (χ1n) is 11.5. The van der Waals surface area contributed by atoms with E-state index in [-0.39, 0.29) is 22.1 Å². The van der Waals surface area contributed by atoms with Gasteiger partial charge < -0.3 is 53.8 Å². The molecule has 0 aromatic heterocycles. The molecule has 0 aliphatic carbocycles. The molecule has 6 N–H and O–H groups in total. The number of aliphatic carboxylic acids is 3. The lowest BCUT2D eigenvalue weighted by Gasteiger charge is -2.30. The van der Waals surface area contributed by atoms with Gasteiger partial charge in [-0.05, 0) is 0 Å². The molecule has 224 valence electrons. The highest BCUT2D eigenvalue weighted by molar-refractivity contribution is 5.90. The second-order valence-corrected chi connectivity index (χ2v) is 10.8. The Bertz CT molecular complexity index is 908. The molecule has 5 unspecified atom stereocenters. The molecule has 0 fully saturated rings. The standard InChI is InChI=1S/C22H36N2O15/c1-23(2,3)9-11(7-13(25)26)37-20(34)15(29)16(30)21(35)39-18(17(31)19(32)33)22(36)38-12(8-14(27)28)10-24(4,5)6/h11-12,15-18,29-31H,7-10H2,1-6H3,(H-2,25,26,27,28,32,33)/p+2/t11?,12?,15?,16-,17?,18?/m0/s1. The van der Waals surface area contributed by atoms with E-state index < -0.39 is 85.3 Å². The zero-order valence-electron chi connectivity index (χ0n) is 22.5. The normalized spacial score (nSPS) is 16.5. The second-order valence-electron chi connectivity index (χ2n) is 10.8. The number of aliphatic hydroxyl groups excluding tert-OH is 3. The van der Waals surface area contributed by atoms with Gasteiger partial charge in [0.05, 0.1) is 55.1 Å². The van der Waals surface area contributed by atoms with Crippen LogP contribution in [0.3, 0.4) is 0 Å². The molecule has 0 bridgehead atoms. The zero-order valence-corrected chi connectivity index (χ0v) is 22.5. The van der Waals surface area contributed by atoms with Crippen molar-refractivity contribution >= 4 is 35.8 Å². The van der Waals surface area contributed by atoms with E-state index in [2.05, 4.69) is 4.74 Å². The number of carboxylic acids is 3. The minimum atomic E-state index is -2.76. The molecule has 0 aliphatic heterocycles. The highest BCUT2D eigenvalue weighted by Gasteiger charge is 2.43. The third-order valence-corrected chi connectivity index (χ3v) is 4.67. The van der Waals surface area contributed by atoms with Crippen LogP contribution in [0.5, 0.6) is 0 Å². The number of ether oxygens (including phenoxy) is 3. The lowest BCUT2D eigenvalue weighted by atomic mass is 10.1. The predicted molar refractivity (Wildman–Crippen MR) is 126 cm³/mol. The van der Waals surface area contributed by atoms with Gasteiger partial charge in [-0.3, -0.25) is 9.59 Å². The van der Waals surface area contributed by atoms with Crippen molar-refractivity contribution in [2.45, 2.75) is 49.5 Å². The van der Waals surface area contributed by atoms with Crippen LogP contribution in [0.2, 0.25) is 0 Å². The number of hydrogen-bond donors (Lipinski definition) is 6. The predicted octanol–water partition coefficient (Wildman–Crippen LogP) is -3.75. The quantitative estimate of drug-likeness (QED) is 0.0558. The van der Waals surface area contributed by atoms with Gasteiger partial charge in [0, 0.05) is 0 Å². The van der Waals surface area contributed by atoms with Crippen molar-refractivity contribution in [2.24, 2.45) is 0 Å². The van der Waals surface area contributed by atoms with Crippen LogP contribution in [-0.4, -0.2) is 167 Å². The highest BCUT2D eigenvalue weighted by Crippen LogP contribution is 2.14. The lowest BCUT2D eigenvalue weighted by Crippen LogP contribution is -2.51. The summed E-state index contributed by atoms with van der Waals surface area (Å²) in [5.41, 5.74) is 0. The minimum absolute atomic E-state index is 0.0329. The number of likely N-dealkylation sites (N-methyl/N-ethyl adjacent to an activating group) is 2. The summed E-state index contributed by atoms with van der Waals surface area (Å²) in [5, 5.41) is 57.2. The van der Waals surface area contributed by atoms with E-state index in [4.69, 9.17) is 24.8 Å². The first-order chi connectivity index (χ1) is 17.5. The number of esters is 3. The summed E-state index contributed by atoms with van der Waals surface area (Å²) < 4.78 is 14.6. The molecule has 0 amide bonds. The summed E-state index contributed by atoms with van der Waals surface area (Å²) in [6, 6.07) is 0. The Morgan fingerprint density at radius 1 is 0.564 bits per heavy atom. The highest BCUT2D eigenvalue weighted by atomic mass is 16.6. The van der Waals surface area contributed by atoms with E-state index in [0.29, 0.717) is 0 Å². The average Bonchev–Trinajstić information content (AvgIpc) is 2.71. The molecule has 39 heavy (non-hydrogen) atoms. The van der Waals surface area contributed by atoms with Gasteiger partial charge in [0.2, 0.25) is 6.10 Å². The molecule has 0 saturated heterocycles. The number of hydrogen-bond acceptors (Lipinski definition) is 12. The number of carbonyl (C=O) groups is 6. The summed E-state index contributed by atoms with van der Waals surface area (Å²) >= 11 is 0. The Morgan fingerprint density at radius 2 is 0.897 bits per heavy atom. The molecule has 0 radical (unpaired) electrons. The van der Waals surface area contributed by atoms with Crippen LogP contribution in [0.25, 0.3) is 0 Å². The zero-order chi connectivity index (χ0) is 30.9. The molecule has 0 heterocycles. The Hall–Kier alpha value is -3.38. The monoisotopic (exact) mass is 570 g/mol. The average molecular weight is 571 g/mol. The fourth-order valence-corrected chi connectivity index (χ4v) is 3.19. The number of rotatable bonds is 17. The molecule has 17 heteroatoms. The van der Waals surface area contributed by atoms with Crippen LogP contribution < -0.4 is 0 Å². The van der Waals surface area contributed by atoms with E-state index in [0.717, 1.165) is 0 Å². The molecular weight excluding hydrogens is 532 g/mol. The van der Waals surface area contributed by atoms with Crippen molar-refractivity contribution in [3.63, 3.8) is 0 Å². The topological polar surface area (TPSA) is 251 Å². The summed E-state index contributed by atoms with van der Waals surface area (Å²) in [6.45, 7) is -0.116. The largest absolute Gasteiger partial charge is 0.481 e. The SMILES string of the molecule is C[N+](C)(C)CC(CC(=O)O)OC(=O)C(OC(=O)[C@@H](O)C(O)C(=O)OC(CC(=O)O)C[N+](C)(C)C)C(O)C(=O)O. The smallest absolute Gasteiger partial charge is 0.351 e. The van der Waals surface area contributed by atoms with Crippen LogP contribution in [-0.2, 0) is 43.0 Å². The maximum atomic E-state index is 12.6. The number of carbonyl (C=O) groups excluding carboxylic acids is 3. The molecule has 0 aliphatic rings. The first kappa shape index (κ1) is 35.6. The van der Waals surface area contributed by atoms with Gasteiger partial charge in [0.25, 0.3) is 0 Å². The third-order valence-electron chi connectivity index (χ3n) is 4.67. The van der Waals surface area contributed by atoms with Gasteiger partial charge in [-0.15, -0.1) is 0 Å². The number of carboxylic acid groups (broad SMARTS) is 3. The number of aliphatic hydroxyl groups is 3. The molecule has 0 spiro atoms. The summed E-state index contributed by atoms with van der Waals surface area (Å²) in [5.74, 6) is -10.0. The summed E-state index contributed by atoms with van der Waals surface area (Å²) in [7, 11) is 9.85. The molecular formula is C22H38N2O15+2. The van der Waals surface area contributed by atoms with Crippen LogP contribution in [0.4, 0.5) is 0 Å². The van der Waals surface area contributed by atoms with E-state index in [1.54, 1.807) is 42.3 Å². The lowest BCUT2D eigenvalue weighted by molar-refractivity contribution is -0.873. The molecule has 0 aromatic carbocycles. The summed E-state index contributed by atoms with van der Waals surface area (Å²) in [4.78, 5) is 70.7. The van der Waals surface area contributed by atoms with Gasteiger partial charge in [0.1, 0.15) is 13.1 Å². The molecule has 0 aromatic rings. The maximum absolute atomic E-state index is 12.6. The van der Waals surface area contributed by atoms with Crippen molar-refractivity contribution in [1.29, 1.82) is 0 Å². The maximum Gasteiger partial charge on any atom is 0.351 e. The fraction of sp³-hybridized carbons (Fsp3) is 0.727. The van der Waals surface area contributed by atoms with Gasteiger partial charge in [-0.25, -0.2) is 19.2 Å². The van der Waals surface area contributed by atoms with Crippen molar-refractivity contribution in [3.8, 4) is 0 Å². The summed E-state index contributed by atoms with van der Waals surface area (Å²) in [6.07, 6.45) is -14.8. The van der Waals surface area contributed by atoms with Crippen LogP contribution >= 0.6 is 0 Å². The van der Waals surface area contributed by atoms with Crippen LogP contribution in [0, 0.1) is 0 Å². The Morgan fingerprint density at radius 3 is 1.21 bits per heavy atom. The Kier molecular flexibility index (Phi) is 13.4. The van der Waals surface area contributed by atoms with E-state index >= 15 is 0 Å². The van der Waals surface area contributed by atoms with Gasteiger partial charge in [0.15, 0.2) is 30.5 Å². The Labute approximate surface area is 223 Å². The van der Waals surface area contributed by atoms with Gasteiger partial charge in [-0.1, -0.05) is 0 Å². The minimum Gasteiger partial charge on any atom is -0.481 e. The second kappa shape index (κ2) is 14.7. The van der Waals surface area contributed by atoms with Gasteiger partial charge in [-0.2, -0.15) is 0 Å².